The molecule has 0 aliphatic rings. The lowest BCUT2D eigenvalue weighted by atomic mass is 9.98. The van der Waals surface area contributed by atoms with Crippen LogP contribution in [0.1, 0.15) is 22.7 Å². The third-order valence-electron chi connectivity index (χ3n) is 2.51. The SMILES string of the molecule is Cc1cc(F)ccc1C(N)c1cncnc1. The van der Waals surface area contributed by atoms with E-state index in [1.807, 2.05) is 6.92 Å². The Labute approximate surface area is 93.2 Å². The van der Waals surface area contributed by atoms with Crippen LogP contribution in [0.4, 0.5) is 4.39 Å². The van der Waals surface area contributed by atoms with Crippen LogP contribution in [0.25, 0.3) is 0 Å². The average molecular weight is 217 g/mol. The highest BCUT2D eigenvalue weighted by atomic mass is 19.1. The van der Waals surface area contributed by atoms with Gasteiger partial charge in [-0.25, -0.2) is 14.4 Å². The van der Waals surface area contributed by atoms with Crippen molar-refractivity contribution < 1.29 is 4.39 Å². The van der Waals surface area contributed by atoms with Crippen LogP contribution in [0.2, 0.25) is 0 Å². The van der Waals surface area contributed by atoms with Crippen LogP contribution in [0.3, 0.4) is 0 Å². The van der Waals surface area contributed by atoms with Gasteiger partial charge in [0.25, 0.3) is 0 Å². The minimum Gasteiger partial charge on any atom is -0.320 e. The largest absolute Gasteiger partial charge is 0.320 e. The zero-order valence-corrected chi connectivity index (χ0v) is 8.89. The van der Waals surface area contributed by atoms with Crippen LogP contribution < -0.4 is 5.73 Å². The molecule has 0 spiro atoms. The molecule has 0 amide bonds. The Morgan fingerprint density at radius 1 is 1.25 bits per heavy atom. The molecule has 3 nitrogen and oxygen atoms in total. The first-order chi connectivity index (χ1) is 7.68. The van der Waals surface area contributed by atoms with Crippen LogP contribution in [0.15, 0.2) is 36.9 Å². The standard InChI is InChI=1S/C12H12FN3/c1-8-4-10(13)2-3-11(8)12(14)9-5-15-7-16-6-9/h2-7,12H,14H2,1H3. The van der Waals surface area contributed by atoms with Gasteiger partial charge in [0.15, 0.2) is 0 Å². The van der Waals surface area contributed by atoms with Gasteiger partial charge in [-0.2, -0.15) is 0 Å². The van der Waals surface area contributed by atoms with Crippen molar-refractivity contribution in [1.29, 1.82) is 0 Å². The normalized spacial score (nSPS) is 12.4. The van der Waals surface area contributed by atoms with E-state index in [0.29, 0.717) is 0 Å². The van der Waals surface area contributed by atoms with Gasteiger partial charge in [0, 0.05) is 18.0 Å². The summed E-state index contributed by atoms with van der Waals surface area (Å²) < 4.78 is 12.9. The zero-order chi connectivity index (χ0) is 11.5. The summed E-state index contributed by atoms with van der Waals surface area (Å²) in [5.74, 6) is -0.252. The minimum atomic E-state index is -0.318. The fourth-order valence-electron chi connectivity index (χ4n) is 1.64. The molecule has 0 aliphatic heterocycles. The monoisotopic (exact) mass is 217 g/mol. The van der Waals surface area contributed by atoms with Gasteiger partial charge in [-0.1, -0.05) is 6.07 Å². The van der Waals surface area contributed by atoms with Crippen LogP contribution in [0, 0.1) is 12.7 Å². The predicted octanol–water partition coefficient (Wildman–Crippen LogP) is 1.97. The second kappa shape index (κ2) is 4.37. The maximum absolute atomic E-state index is 12.9. The van der Waals surface area contributed by atoms with E-state index in [-0.39, 0.29) is 11.9 Å². The Balaban J connectivity index is 2.38. The maximum atomic E-state index is 12.9. The summed E-state index contributed by atoms with van der Waals surface area (Å²) >= 11 is 0. The Bertz CT molecular complexity index is 485. The van der Waals surface area contributed by atoms with Crippen LogP contribution in [-0.4, -0.2) is 9.97 Å². The number of hydrogen-bond acceptors (Lipinski definition) is 3. The minimum absolute atomic E-state index is 0.252. The van der Waals surface area contributed by atoms with Crippen LogP contribution in [-0.2, 0) is 0 Å². The number of hydrogen-bond donors (Lipinski definition) is 1. The number of aryl methyl sites for hydroxylation is 1. The number of nitrogens with zero attached hydrogens (tertiary/aromatic N) is 2. The third kappa shape index (κ3) is 2.06. The van der Waals surface area contributed by atoms with Crippen molar-refractivity contribution in [3.63, 3.8) is 0 Å². The summed E-state index contributed by atoms with van der Waals surface area (Å²) in [6, 6.07) is 4.26. The summed E-state index contributed by atoms with van der Waals surface area (Å²) in [4.78, 5) is 7.83. The lowest BCUT2D eigenvalue weighted by Gasteiger charge is -2.14. The molecule has 2 rings (SSSR count). The fourth-order valence-corrected chi connectivity index (χ4v) is 1.64. The van der Waals surface area contributed by atoms with Gasteiger partial charge in [0.05, 0.1) is 6.04 Å². The van der Waals surface area contributed by atoms with Crippen molar-refractivity contribution in [2.24, 2.45) is 5.73 Å². The number of rotatable bonds is 2. The molecule has 82 valence electrons. The molecule has 0 fully saturated rings. The highest BCUT2D eigenvalue weighted by molar-refractivity contribution is 5.34. The Hall–Kier alpha value is -1.81. The molecule has 0 radical (unpaired) electrons. The number of nitrogens with two attached hydrogens (primary N) is 1. The quantitative estimate of drug-likeness (QED) is 0.836. The molecule has 1 unspecified atom stereocenters. The highest BCUT2D eigenvalue weighted by Gasteiger charge is 2.12. The lowest BCUT2D eigenvalue weighted by Crippen LogP contribution is -2.13. The van der Waals surface area contributed by atoms with Gasteiger partial charge in [-0.05, 0) is 30.2 Å². The van der Waals surface area contributed by atoms with E-state index in [0.717, 1.165) is 16.7 Å². The summed E-state index contributed by atoms with van der Waals surface area (Å²) in [6.07, 6.45) is 4.79. The molecule has 16 heavy (non-hydrogen) atoms. The van der Waals surface area contributed by atoms with Gasteiger partial charge < -0.3 is 5.73 Å². The van der Waals surface area contributed by atoms with Crippen molar-refractivity contribution in [3.05, 3.63) is 59.4 Å². The van der Waals surface area contributed by atoms with Crippen molar-refractivity contribution in [1.82, 2.24) is 9.97 Å². The molecule has 0 saturated heterocycles. The molecule has 1 aromatic carbocycles. The van der Waals surface area contributed by atoms with E-state index < -0.39 is 0 Å². The van der Waals surface area contributed by atoms with E-state index >= 15 is 0 Å². The second-order valence-electron chi connectivity index (χ2n) is 3.65. The van der Waals surface area contributed by atoms with Crippen molar-refractivity contribution in [2.75, 3.05) is 0 Å². The van der Waals surface area contributed by atoms with Gasteiger partial charge in [0.1, 0.15) is 12.1 Å². The molecular weight excluding hydrogens is 205 g/mol. The molecular formula is C12H12FN3. The third-order valence-corrected chi connectivity index (χ3v) is 2.51. The van der Waals surface area contributed by atoms with Crippen molar-refractivity contribution in [2.45, 2.75) is 13.0 Å². The molecule has 0 bridgehead atoms. The first-order valence-electron chi connectivity index (χ1n) is 4.95. The van der Waals surface area contributed by atoms with Gasteiger partial charge in [0.2, 0.25) is 0 Å². The first kappa shape index (κ1) is 10.7. The summed E-state index contributed by atoms with van der Waals surface area (Å²) in [5.41, 5.74) is 8.60. The average Bonchev–Trinajstić information content (AvgIpc) is 2.29. The fraction of sp³-hybridized carbons (Fsp3) is 0.167. The summed E-state index contributed by atoms with van der Waals surface area (Å²) in [7, 11) is 0. The molecule has 1 aromatic heterocycles. The lowest BCUT2D eigenvalue weighted by molar-refractivity contribution is 0.624. The Morgan fingerprint density at radius 3 is 2.56 bits per heavy atom. The Morgan fingerprint density at radius 2 is 1.94 bits per heavy atom. The second-order valence-corrected chi connectivity index (χ2v) is 3.65. The van der Waals surface area contributed by atoms with E-state index in [9.17, 15) is 4.39 Å². The van der Waals surface area contributed by atoms with Crippen LogP contribution >= 0.6 is 0 Å². The molecule has 0 saturated carbocycles. The zero-order valence-electron chi connectivity index (χ0n) is 8.89. The smallest absolute Gasteiger partial charge is 0.123 e. The van der Waals surface area contributed by atoms with Gasteiger partial charge in [-0.15, -0.1) is 0 Å². The van der Waals surface area contributed by atoms with E-state index in [4.69, 9.17) is 5.73 Å². The maximum Gasteiger partial charge on any atom is 0.123 e. The molecule has 2 N–H and O–H groups in total. The van der Waals surface area contributed by atoms with Gasteiger partial charge >= 0.3 is 0 Å². The van der Waals surface area contributed by atoms with Crippen molar-refractivity contribution >= 4 is 0 Å². The molecule has 1 heterocycles. The summed E-state index contributed by atoms with van der Waals surface area (Å²) in [6.45, 7) is 1.84. The van der Waals surface area contributed by atoms with E-state index in [1.165, 1.54) is 18.5 Å². The molecule has 1 atom stereocenters. The molecule has 4 heteroatoms. The Kier molecular flexibility index (Phi) is 2.92. The van der Waals surface area contributed by atoms with Crippen molar-refractivity contribution in [3.8, 4) is 0 Å². The predicted molar refractivity (Wildman–Crippen MR) is 59.2 cm³/mol. The topological polar surface area (TPSA) is 51.8 Å². The number of benzene rings is 1. The summed E-state index contributed by atoms with van der Waals surface area (Å²) in [5, 5.41) is 0. The highest BCUT2D eigenvalue weighted by Crippen LogP contribution is 2.21. The number of halogens is 1. The van der Waals surface area contributed by atoms with E-state index in [2.05, 4.69) is 9.97 Å². The molecule has 0 aliphatic carbocycles. The number of aromatic nitrogens is 2. The van der Waals surface area contributed by atoms with E-state index in [1.54, 1.807) is 18.5 Å². The first-order valence-corrected chi connectivity index (χ1v) is 4.95. The molecule has 2 aromatic rings. The van der Waals surface area contributed by atoms with Crippen LogP contribution in [0.5, 0.6) is 0 Å². The van der Waals surface area contributed by atoms with Gasteiger partial charge in [-0.3, -0.25) is 0 Å².